The maximum atomic E-state index is 11.8. The maximum absolute atomic E-state index is 11.8. The van der Waals surface area contributed by atoms with Gasteiger partial charge in [-0.25, -0.2) is 4.79 Å². The van der Waals surface area contributed by atoms with Crippen molar-refractivity contribution in [2.75, 3.05) is 46.5 Å². The van der Waals surface area contributed by atoms with Gasteiger partial charge >= 0.3 is 5.97 Å². The number of rotatable bonds is 7. The van der Waals surface area contributed by atoms with Crippen LogP contribution in [0.1, 0.15) is 19.8 Å². The average molecular weight is 284 g/mol. The van der Waals surface area contributed by atoms with Gasteiger partial charge in [0.15, 0.2) is 0 Å². The van der Waals surface area contributed by atoms with E-state index in [1.807, 2.05) is 17.9 Å². The lowest BCUT2D eigenvalue weighted by atomic mass is 10.2. The standard InChI is InChI=1S/C14H24N2O4/c1-3-12(14(18)19-2)4-6-15-7-5-13(17)16-8-10-20-11-9-16/h4,15H,3,5-11H2,1-2H3. The molecule has 20 heavy (non-hydrogen) atoms. The Morgan fingerprint density at radius 3 is 2.65 bits per heavy atom. The van der Waals surface area contributed by atoms with E-state index in [1.54, 1.807) is 0 Å². The monoisotopic (exact) mass is 284 g/mol. The molecule has 0 saturated carbocycles. The number of hydrogen-bond acceptors (Lipinski definition) is 5. The highest BCUT2D eigenvalue weighted by Crippen LogP contribution is 2.02. The molecule has 6 heteroatoms. The Balaban J connectivity index is 2.19. The van der Waals surface area contributed by atoms with E-state index >= 15 is 0 Å². The number of carbonyl (C=O) groups is 2. The van der Waals surface area contributed by atoms with Crippen molar-refractivity contribution in [2.24, 2.45) is 0 Å². The lowest BCUT2D eigenvalue weighted by Crippen LogP contribution is -2.41. The van der Waals surface area contributed by atoms with Crippen molar-refractivity contribution in [2.45, 2.75) is 19.8 Å². The summed E-state index contributed by atoms with van der Waals surface area (Å²) in [4.78, 5) is 25.0. The molecule has 6 nitrogen and oxygen atoms in total. The number of amides is 1. The number of methoxy groups -OCH3 is 1. The Hall–Kier alpha value is -1.40. The highest BCUT2D eigenvalue weighted by molar-refractivity contribution is 5.88. The Morgan fingerprint density at radius 2 is 2.05 bits per heavy atom. The van der Waals surface area contributed by atoms with Crippen molar-refractivity contribution in [3.63, 3.8) is 0 Å². The summed E-state index contributed by atoms with van der Waals surface area (Å²) in [5, 5.41) is 3.14. The Labute approximate surface area is 120 Å². The van der Waals surface area contributed by atoms with Crippen LogP contribution in [0.15, 0.2) is 11.6 Å². The van der Waals surface area contributed by atoms with Gasteiger partial charge in [-0.15, -0.1) is 0 Å². The molecule has 0 aromatic carbocycles. The number of hydrogen-bond donors (Lipinski definition) is 1. The first-order valence-corrected chi connectivity index (χ1v) is 7.02. The fraction of sp³-hybridized carbons (Fsp3) is 0.714. The predicted molar refractivity (Wildman–Crippen MR) is 75.3 cm³/mol. The van der Waals surface area contributed by atoms with Crippen molar-refractivity contribution in [1.29, 1.82) is 0 Å². The van der Waals surface area contributed by atoms with Gasteiger partial charge in [0.25, 0.3) is 0 Å². The highest BCUT2D eigenvalue weighted by atomic mass is 16.5. The minimum atomic E-state index is -0.293. The van der Waals surface area contributed by atoms with Gasteiger partial charge in [0.05, 0.1) is 20.3 Å². The molecule has 1 saturated heterocycles. The first-order valence-electron chi connectivity index (χ1n) is 7.02. The topological polar surface area (TPSA) is 67.9 Å². The van der Waals surface area contributed by atoms with Crippen LogP contribution < -0.4 is 5.32 Å². The zero-order valence-corrected chi connectivity index (χ0v) is 12.3. The minimum absolute atomic E-state index is 0.147. The molecule has 0 unspecified atom stereocenters. The number of carbonyl (C=O) groups excluding carboxylic acids is 2. The molecular formula is C14H24N2O4. The smallest absolute Gasteiger partial charge is 0.333 e. The quantitative estimate of drug-likeness (QED) is 0.415. The third-order valence-corrected chi connectivity index (χ3v) is 3.20. The third-order valence-electron chi connectivity index (χ3n) is 3.20. The second-order valence-corrected chi connectivity index (χ2v) is 4.52. The summed E-state index contributed by atoms with van der Waals surface area (Å²) < 4.78 is 9.87. The normalized spacial score (nSPS) is 16.1. The molecular weight excluding hydrogens is 260 g/mol. The lowest BCUT2D eigenvalue weighted by molar-refractivity contribution is -0.136. The third kappa shape index (κ3) is 5.71. The number of esters is 1. The van der Waals surface area contributed by atoms with Crippen molar-refractivity contribution < 1.29 is 19.1 Å². The van der Waals surface area contributed by atoms with E-state index in [0.717, 1.165) is 0 Å². The van der Waals surface area contributed by atoms with E-state index in [0.29, 0.717) is 57.8 Å². The zero-order chi connectivity index (χ0) is 14.8. The molecule has 0 aromatic heterocycles. The van der Waals surface area contributed by atoms with E-state index in [2.05, 4.69) is 10.1 Å². The van der Waals surface area contributed by atoms with Crippen molar-refractivity contribution >= 4 is 11.9 Å². The Bertz CT molecular complexity index is 349. The van der Waals surface area contributed by atoms with Gasteiger partial charge in [0.1, 0.15) is 0 Å². The van der Waals surface area contributed by atoms with E-state index in [9.17, 15) is 9.59 Å². The summed E-state index contributed by atoms with van der Waals surface area (Å²) in [5.41, 5.74) is 0.652. The van der Waals surface area contributed by atoms with Gasteiger partial charge in [-0.2, -0.15) is 0 Å². The average Bonchev–Trinajstić information content (AvgIpc) is 2.50. The number of morpholine rings is 1. The summed E-state index contributed by atoms with van der Waals surface area (Å²) in [5.74, 6) is -0.146. The number of nitrogens with zero attached hydrogens (tertiary/aromatic N) is 1. The summed E-state index contributed by atoms with van der Waals surface area (Å²) in [6.07, 6.45) is 2.92. The molecule has 114 valence electrons. The first-order chi connectivity index (χ1) is 9.69. The molecule has 0 atom stereocenters. The molecule has 1 heterocycles. The van der Waals surface area contributed by atoms with Gasteiger partial charge in [0.2, 0.25) is 5.91 Å². The van der Waals surface area contributed by atoms with E-state index in [4.69, 9.17) is 4.74 Å². The predicted octanol–water partition coefficient (Wildman–Crippen LogP) is 0.334. The van der Waals surface area contributed by atoms with Crippen LogP contribution in [0.3, 0.4) is 0 Å². The minimum Gasteiger partial charge on any atom is -0.466 e. The molecule has 0 spiro atoms. The second kappa shape index (κ2) is 9.50. The van der Waals surface area contributed by atoms with E-state index < -0.39 is 0 Å². The van der Waals surface area contributed by atoms with Gasteiger partial charge in [-0.1, -0.05) is 13.0 Å². The maximum Gasteiger partial charge on any atom is 0.333 e. The summed E-state index contributed by atoms with van der Waals surface area (Å²) in [6, 6.07) is 0. The van der Waals surface area contributed by atoms with Gasteiger partial charge in [-0.05, 0) is 6.42 Å². The van der Waals surface area contributed by atoms with Crippen LogP contribution >= 0.6 is 0 Å². The van der Waals surface area contributed by atoms with E-state index in [1.165, 1.54) is 7.11 Å². The molecule has 1 amide bonds. The van der Waals surface area contributed by atoms with Gasteiger partial charge < -0.3 is 19.7 Å². The van der Waals surface area contributed by atoms with Crippen molar-refractivity contribution in [3.8, 4) is 0 Å². The molecule has 0 aromatic rings. The van der Waals surface area contributed by atoms with Crippen LogP contribution in [0.2, 0.25) is 0 Å². The highest BCUT2D eigenvalue weighted by Gasteiger charge is 2.15. The van der Waals surface area contributed by atoms with Crippen molar-refractivity contribution in [3.05, 3.63) is 11.6 Å². The molecule has 1 aliphatic rings. The fourth-order valence-corrected chi connectivity index (χ4v) is 1.97. The molecule has 0 radical (unpaired) electrons. The SMILES string of the molecule is CCC(=CCNCCC(=O)N1CCOCC1)C(=O)OC. The second-order valence-electron chi connectivity index (χ2n) is 4.52. The zero-order valence-electron chi connectivity index (χ0n) is 12.3. The van der Waals surface area contributed by atoms with Crippen LogP contribution in [0.4, 0.5) is 0 Å². The number of ether oxygens (including phenoxy) is 2. The van der Waals surface area contributed by atoms with Crippen molar-refractivity contribution in [1.82, 2.24) is 10.2 Å². The Morgan fingerprint density at radius 1 is 1.35 bits per heavy atom. The largest absolute Gasteiger partial charge is 0.466 e. The van der Waals surface area contributed by atoms with E-state index in [-0.39, 0.29) is 11.9 Å². The van der Waals surface area contributed by atoms with Crippen LogP contribution in [0.5, 0.6) is 0 Å². The summed E-state index contributed by atoms with van der Waals surface area (Å²) in [7, 11) is 1.38. The van der Waals surface area contributed by atoms with Crippen LogP contribution in [-0.4, -0.2) is 63.3 Å². The fourth-order valence-electron chi connectivity index (χ4n) is 1.97. The first kappa shape index (κ1) is 16.7. The van der Waals surface area contributed by atoms with Gasteiger partial charge in [0, 0.05) is 38.2 Å². The molecule has 0 aliphatic carbocycles. The number of nitrogens with one attached hydrogen (secondary N) is 1. The molecule has 0 bridgehead atoms. The molecule has 1 aliphatic heterocycles. The van der Waals surface area contributed by atoms with Crippen LogP contribution in [-0.2, 0) is 19.1 Å². The summed E-state index contributed by atoms with van der Waals surface area (Å²) >= 11 is 0. The summed E-state index contributed by atoms with van der Waals surface area (Å²) in [6.45, 7) is 5.69. The molecule has 1 rings (SSSR count). The molecule has 1 fully saturated rings. The van der Waals surface area contributed by atoms with Gasteiger partial charge in [-0.3, -0.25) is 4.79 Å². The van der Waals surface area contributed by atoms with Crippen LogP contribution in [0.25, 0.3) is 0 Å². The molecule has 1 N–H and O–H groups in total. The lowest BCUT2D eigenvalue weighted by Gasteiger charge is -2.26. The van der Waals surface area contributed by atoms with Crippen LogP contribution in [0, 0.1) is 0 Å². The Kier molecular flexibility index (Phi) is 7.91.